The van der Waals surface area contributed by atoms with Crippen molar-refractivity contribution in [3.05, 3.63) is 65.4 Å². The van der Waals surface area contributed by atoms with Crippen molar-refractivity contribution in [3.63, 3.8) is 0 Å². The van der Waals surface area contributed by atoms with E-state index in [4.69, 9.17) is 0 Å². The van der Waals surface area contributed by atoms with Gasteiger partial charge < -0.3 is 10.2 Å². The van der Waals surface area contributed by atoms with E-state index in [1.54, 1.807) is 12.3 Å². The number of carbonyl (C=O) groups excluding carboxylic acids is 1. The molecule has 0 unspecified atom stereocenters. The highest BCUT2D eigenvalue weighted by molar-refractivity contribution is 6.08. The number of carbonyl (C=O) groups is 1. The second-order valence-corrected chi connectivity index (χ2v) is 8.84. The molecule has 1 aliphatic heterocycles. The van der Waals surface area contributed by atoms with E-state index >= 15 is 0 Å². The van der Waals surface area contributed by atoms with Crippen LogP contribution in [0, 0.1) is 13.8 Å². The Morgan fingerprint density at radius 2 is 1.82 bits per heavy atom. The number of anilines is 2. The third kappa shape index (κ3) is 4.84. The maximum atomic E-state index is 14.0. The van der Waals surface area contributed by atoms with E-state index in [0.717, 1.165) is 22.3 Å². The quantitative estimate of drug-likeness (QED) is 0.564. The normalized spacial score (nSPS) is 15.2. The van der Waals surface area contributed by atoms with Crippen molar-refractivity contribution >= 4 is 17.4 Å². The SMILES string of the molecule is Cc1ccc(C)c(-c2ccnc(N3CCC(F)(F)C3)c2NC(=O)c2cnc(C(C)C)nc2)c1. The number of halogens is 2. The molecule has 0 spiro atoms. The molecule has 0 bridgehead atoms. The summed E-state index contributed by atoms with van der Waals surface area (Å²) >= 11 is 0. The van der Waals surface area contributed by atoms with Gasteiger partial charge in [0.05, 0.1) is 17.8 Å². The van der Waals surface area contributed by atoms with Crippen molar-refractivity contribution in [1.82, 2.24) is 15.0 Å². The number of pyridine rings is 1. The average molecular weight is 452 g/mol. The van der Waals surface area contributed by atoms with Crippen LogP contribution < -0.4 is 10.2 Å². The van der Waals surface area contributed by atoms with Gasteiger partial charge in [-0.2, -0.15) is 0 Å². The summed E-state index contributed by atoms with van der Waals surface area (Å²) in [5, 5.41) is 2.93. The number of aromatic nitrogens is 3. The highest BCUT2D eigenvalue weighted by Gasteiger charge is 2.40. The first-order chi connectivity index (χ1) is 15.6. The van der Waals surface area contributed by atoms with Gasteiger partial charge >= 0.3 is 0 Å². The minimum Gasteiger partial charge on any atom is -0.349 e. The molecule has 3 heterocycles. The zero-order valence-electron chi connectivity index (χ0n) is 19.2. The predicted octanol–water partition coefficient (Wildman–Crippen LogP) is 5.38. The van der Waals surface area contributed by atoms with Gasteiger partial charge in [-0.3, -0.25) is 4.79 Å². The molecule has 1 N–H and O–H groups in total. The number of alkyl halides is 2. The minimum absolute atomic E-state index is 0.139. The van der Waals surface area contributed by atoms with Gasteiger partial charge in [-0.25, -0.2) is 23.7 Å². The van der Waals surface area contributed by atoms with Crippen molar-refractivity contribution in [1.29, 1.82) is 0 Å². The summed E-state index contributed by atoms with van der Waals surface area (Å²) in [7, 11) is 0. The van der Waals surface area contributed by atoms with Crippen LogP contribution >= 0.6 is 0 Å². The highest BCUT2D eigenvalue weighted by Crippen LogP contribution is 2.40. The lowest BCUT2D eigenvalue weighted by Crippen LogP contribution is -2.27. The number of rotatable bonds is 5. The Balaban J connectivity index is 1.78. The number of nitrogens with zero attached hydrogens (tertiary/aromatic N) is 4. The number of aryl methyl sites for hydroxylation is 2. The van der Waals surface area contributed by atoms with Crippen LogP contribution in [0.5, 0.6) is 0 Å². The zero-order chi connectivity index (χ0) is 23.8. The Bertz CT molecular complexity index is 1180. The molecule has 172 valence electrons. The number of hydrogen-bond donors (Lipinski definition) is 1. The lowest BCUT2D eigenvalue weighted by atomic mass is 9.97. The monoisotopic (exact) mass is 451 g/mol. The molecule has 0 atom stereocenters. The molecule has 1 fully saturated rings. The Morgan fingerprint density at radius 3 is 2.45 bits per heavy atom. The second kappa shape index (κ2) is 8.84. The second-order valence-electron chi connectivity index (χ2n) is 8.84. The van der Waals surface area contributed by atoms with Crippen LogP contribution in [0.4, 0.5) is 20.3 Å². The number of nitrogens with one attached hydrogen (secondary N) is 1. The van der Waals surface area contributed by atoms with Crippen LogP contribution in [0.2, 0.25) is 0 Å². The first-order valence-corrected chi connectivity index (χ1v) is 11.0. The van der Waals surface area contributed by atoms with Gasteiger partial charge in [-0.1, -0.05) is 37.6 Å². The minimum atomic E-state index is -2.79. The summed E-state index contributed by atoms with van der Waals surface area (Å²) in [6, 6.07) is 7.82. The topological polar surface area (TPSA) is 71.0 Å². The Labute approximate surface area is 192 Å². The Morgan fingerprint density at radius 1 is 1.09 bits per heavy atom. The van der Waals surface area contributed by atoms with Crippen molar-refractivity contribution in [2.75, 3.05) is 23.3 Å². The molecule has 1 amide bonds. The molecule has 1 aromatic carbocycles. The maximum absolute atomic E-state index is 14.0. The summed E-state index contributed by atoms with van der Waals surface area (Å²) in [5.74, 6) is -2.10. The highest BCUT2D eigenvalue weighted by atomic mass is 19.3. The van der Waals surface area contributed by atoms with E-state index in [1.165, 1.54) is 17.3 Å². The van der Waals surface area contributed by atoms with Crippen LogP contribution in [0.15, 0.2) is 42.9 Å². The Hall–Kier alpha value is -3.42. The molecular weight excluding hydrogens is 424 g/mol. The van der Waals surface area contributed by atoms with E-state index in [0.29, 0.717) is 17.3 Å². The summed E-state index contributed by atoms with van der Waals surface area (Å²) < 4.78 is 28.0. The van der Waals surface area contributed by atoms with Gasteiger partial charge in [0.1, 0.15) is 5.82 Å². The van der Waals surface area contributed by atoms with Crippen LogP contribution in [0.25, 0.3) is 11.1 Å². The third-order valence-electron chi connectivity index (χ3n) is 5.77. The molecule has 8 heteroatoms. The fourth-order valence-electron chi connectivity index (χ4n) is 3.92. The Kier molecular flexibility index (Phi) is 6.10. The largest absolute Gasteiger partial charge is 0.349 e. The first-order valence-electron chi connectivity index (χ1n) is 11.0. The standard InChI is InChI=1S/C25H27F2N5O/c1-15(2)22-29-12-18(13-30-22)24(33)31-21-19(20-11-16(3)5-6-17(20)4)7-9-28-23(21)32-10-8-25(26,27)14-32/h5-7,9,11-13,15H,8,10,14H2,1-4H3,(H,31,33). The average Bonchev–Trinajstić information content (AvgIpc) is 3.15. The van der Waals surface area contributed by atoms with Crippen LogP contribution in [-0.4, -0.2) is 39.9 Å². The van der Waals surface area contributed by atoms with Gasteiger partial charge in [-0.05, 0) is 31.0 Å². The van der Waals surface area contributed by atoms with Crippen molar-refractivity contribution in [2.24, 2.45) is 0 Å². The molecule has 1 saturated heterocycles. The van der Waals surface area contributed by atoms with Gasteiger partial charge in [0.25, 0.3) is 11.8 Å². The molecule has 6 nitrogen and oxygen atoms in total. The smallest absolute Gasteiger partial charge is 0.266 e. The number of benzene rings is 1. The molecule has 3 aromatic rings. The van der Waals surface area contributed by atoms with Gasteiger partial charge in [0.15, 0.2) is 5.82 Å². The molecule has 0 radical (unpaired) electrons. The molecule has 33 heavy (non-hydrogen) atoms. The van der Waals surface area contributed by atoms with E-state index in [9.17, 15) is 13.6 Å². The molecule has 2 aromatic heterocycles. The van der Waals surface area contributed by atoms with E-state index < -0.39 is 18.4 Å². The van der Waals surface area contributed by atoms with Crippen molar-refractivity contribution in [3.8, 4) is 11.1 Å². The summed E-state index contributed by atoms with van der Waals surface area (Å²) in [5.41, 5.74) is 4.38. The third-order valence-corrected chi connectivity index (χ3v) is 5.77. The fourth-order valence-corrected chi connectivity index (χ4v) is 3.92. The lowest BCUT2D eigenvalue weighted by molar-refractivity contribution is 0.0257. The number of amides is 1. The molecule has 4 rings (SSSR count). The first kappa shape index (κ1) is 22.8. The van der Waals surface area contributed by atoms with Crippen molar-refractivity contribution < 1.29 is 13.6 Å². The molecule has 0 saturated carbocycles. The molecule has 1 aliphatic rings. The van der Waals surface area contributed by atoms with Crippen LogP contribution in [0.1, 0.15) is 53.5 Å². The zero-order valence-corrected chi connectivity index (χ0v) is 19.2. The van der Waals surface area contributed by atoms with Crippen molar-refractivity contribution in [2.45, 2.75) is 46.0 Å². The molecular formula is C25H27F2N5O. The van der Waals surface area contributed by atoms with Gasteiger partial charge in [0, 0.05) is 43.0 Å². The summed E-state index contributed by atoms with van der Waals surface area (Å²) in [6.45, 7) is 7.62. The van der Waals surface area contributed by atoms with Crippen LogP contribution in [0.3, 0.4) is 0 Å². The van der Waals surface area contributed by atoms with Gasteiger partial charge in [-0.15, -0.1) is 0 Å². The maximum Gasteiger partial charge on any atom is 0.266 e. The fraction of sp³-hybridized carbons (Fsp3) is 0.360. The van der Waals surface area contributed by atoms with Crippen LogP contribution in [-0.2, 0) is 0 Å². The summed E-state index contributed by atoms with van der Waals surface area (Å²) in [4.78, 5) is 27.6. The van der Waals surface area contributed by atoms with E-state index in [-0.39, 0.29) is 24.4 Å². The van der Waals surface area contributed by atoms with Gasteiger partial charge in [0.2, 0.25) is 0 Å². The molecule has 0 aliphatic carbocycles. The lowest BCUT2D eigenvalue weighted by Gasteiger charge is -2.23. The van der Waals surface area contributed by atoms with E-state index in [1.807, 2.05) is 45.9 Å². The summed E-state index contributed by atoms with van der Waals surface area (Å²) in [6.07, 6.45) is 4.31. The number of hydrogen-bond acceptors (Lipinski definition) is 5. The predicted molar refractivity (Wildman–Crippen MR) is 125 cm³/mol. The van der Waals surface area contributed by atoms with E-state index in [2.05, 4.69) is 20.3 Å².